The van der Waals surface area contributed by atoms with Crippen molar-refractivity contribution >= 4 is 36.6 Å². The SMILES string of the molecule is CCCCCCCCCCCCCCCC(=O)O[C@H](COC(=O)CCCCCCCCCCCCCCSC(C)=O)COP(=O)(O)O. The van der Waals surface area contributed by atoms with Crippen molar-refractivity contribution in [2.75, 3.05) is 19.0 Å². The predicted octanol–water partition coefficient (Wildman–Crippen LogP) is 10.4. The van der Waals surface area contributed by atoms with Crippen LogP contribution < -0.4 is 0 Å². The molecule has 0 heterocycles. The van der Waals surface area contributed by atoms with Gasteiger partial charge in [-0.2, -0.15) is 0 Å². The van der Waals surface area contributed by atoms with Gasteiger partial charge in [0, 0.05) is 25.5 Å². The molecule has 0 saturated heterocycles. The van der Waals surface area contributed by atoms with Crippen molar-refractivity contribution in [1.29, 1.82) is 0 Å². The summed E-state index contributed by atoms with van der Waals surface area (Å²) in [7, 11) is -4.75. The lowest BCUT2D eigenvalue weighted by Gasteiger charge is -2.18. The smallest absolute Gasteiger partial charge is 0.462 e. The molecule has 0 amide bonds. The number of carbonyl (C=O) groups excluding carboxylic acids is 3. The molecule has 0 aliphatic heterocycles. The maximum atomic E-state index is 12.3. The third kappa shape index (κ3) is 37.7. The van der Waals surface area contributed by atoms with Gasteiger partial charge in [0.2, 0.25) is 0 Å². The predicted molar refractivity (Wildman–Crippen MR) is 192 cm³/mol. The van der Waals surface area contributed by atoms with E-state index in [-0.39, 0.29) is 24.6 Å². The molecule has 0 saturated carbocycles. The Morgan fingerprint density at radius 1 is 0.574 bits per heavy atom. The van der Waals surface area contributed by atoms with E-state index in [0.717, 1.165) is 50.7 Å². The van der Waals surface area contributed by atoms with Gasteiger partial charge in [0.15, 0.2) is 11.2 Å². The van der Waals surface area contributed by atoms with E-state index in [1.807, 2.05) is 0 Å². The van der Waals surface area contributed by atoms with Crippen molar-refractivity contribution in [3.05, 3.63) is 0 Å². The van der Waals surface area contributed by atoms with Gasteiger partial charge in [0.1, 0.15) is 6.61 Å². The molecule has 0 aromatic carbocycles. The molecule has 0 fully saturated rings. The summed E-state index contributed by atoms with van der Waals surface area (Å²) in [6, 6.07) is 0. The van der Waals surface area contributed by atoms with Gasteiger partial charge >= 0.3 is 19.8 Å². The maximum absolute atomic E-state index is 12.3. The second-order valence-corrected chi connectivity index (χ2v) is 15.4. The Morgan fingerprint density at radius 2 is 0.957 bits per heavy atom. The van der Waals surface area contributed by atoms with Crippen LogP contribution in [0.3, 0.4) is 0 Å². The highest BCUT2D eigenvalue weighted by Gasteiger charge is 2.22. The second kappa shape index (κ2) is 33.6. The molecule has 9 nitrogen and oxygen atoms in total. The molecule has 1 atom stereocenters. The van der Waals surface area contributed by atoms with Gasteiger partial charge in [-0.1, -0.05) is 160 Å². The average molecular weight is 709 g/mol. The molecule has 0 aromatic heterocycles. The molecule has 0 aromatic rings. The number of esters is 2. The lowest BCUT2D eigenvalue weighted by atomic mass is 10.0. The first kappa shape index (κ1) is 46.1. The Hall–Kier alpha value is -0.930. The topological polar surface area (TPSA) is 136 Å². The van der Waals surface area contributed by atoms with Crippen LogP contribution >= 0.6 is 19.6 Å². The molecule has 0 unspecified atom stereocenters. The summed E-state index contributed by atoms with van der Waals surface area (Å²) < 4.78 is 26.3. The molecule has 278 valence electrons. The van der Waals surface area contributed by atoms with Gasteiger partial charge in [0.05, 0.1) is 6.61 Å². The Kier molecular flexibility index (Phi) is 32.9. The summed E-state index contributed by atoms with van der Waals surface area (Å²) in [5, 5.41) is 0.206. The summed E-state index contributed by atoms with van der Waals surface area (Å²) in [6.45, 7) is 3.03. The van der Waals surface area contributed by atoms with Crippen LogP contribution in [-0.2, 0) is 32.9 Å². The van der Waals surface area contributed by atoms with E-state index in [0.29, 0.717) is 12.8 Å². The van der Waals surface area contributed by atoms with E-state index < -0.39 is 32.5 Å². The number of carbonyl (C=O) groups is 3. The minimum absolute atomic E-state index is 0.206. The van der Waals surface area contributed by atoms with Crippen LogP contribution in [0.2, 0.25) is 0 Å². The fourth-order valence-corrected chi connectivity index (χ4v) is 6.44. The van der Waals surface area contributed by atoms with E-state index >= 15 is 0 Å². The third-order valence-electron chi connectivity index (χ3n) is 8.22. The zero-order chi connectivity index (χ0) is 34.9. The van der Waals surface area contributed by atoms with Crippen molar-refractivity contribution in [3.63, 3.8) is 0 Å². The summed E-state index contributed by atoms with van der Waals surface area (Å²) in [4.78, 5) is 53.6. The maximum Gasteiger partial charge on any atom is 0.469 e. The van der Waals surface area contributed by atoms with E-state index in [9.17, 15) is 18.9 Å². The number of hydrogen-bond acceptors (Lipinski definition) is 8. The molecule has 0 radical (unpaired) electrons. The summed E-state index contributed by atoms with van der Waals surface area (Å²) in [5.74, 6) is 0.0408. The zero-order valence-electron chi connectivity index (χ0n) is 29.9. The normalized spacial score (nSPS) is 12.3. The number of thioether (sulfide) groups is 1. The van der Waals surface area contributed by atoms with Crippen LogP contribution in [0.4, 0.5) is 0 Å². The van der Waals surface area contributed by atoms with Crippen molar-refractivity contribution in [2.24, 2.45) is 0 Å². The fourth-order valence-electron chi connectivity index (χ4n) is 5.44. The number of phosphoric acid groups is 1. The highest BCUT2D eigenvalue weighted by Crippen LogP contribution is 2.36. The molecule has 11 heteroatoms. The molecule has 0 bridgehead atoms. The number of unbranched alkanes of at least 4 members (excludes halogenated alkanes) is 23. The van der Waals surface area contributed by atoms with Gasteiger partial charge in [-0.3, -0.25) is 18.9 Å². The molecule has 0 spiro atoms. The largest absolute Gasteiger partial charge is 0.469 e. The van der Waals surface area contributed by atoms with E-state index in [1.165, 1.54) is 114 Å². The number of ether oxygens (including phenoxy) is 2. The van der Waals surface area contributed by atoms with E-state index in [1.54, 1.807) is 6.92 Å². The number of rotatable bonds is 35. The van der Waals surface area contributed by atoms with Crippen molar-refractivity contribution in [2.45, 2.75) is 193 Å². The minimum Gasteiger partial charge on any atom is -0.462 e. The van der Waals surface area contributed by atoms with Crippen LogP contribution in [0.1, 0.15) is 187 Å². The van der Waals surface area contributed by atoms with Gasteiger partial charge in [0.25, 0.3) is 0 Å². The lowest BCUT2D eigenvalue weighted by Crippen LogP contribution is -2.29. The van der Waals surface area contributed by atoms with Crippen LogP contribution in [-0.4, -0.2) is 51.9 Å². The number of hydrogen-bond donors (Lipinski definition) is 2. The molecule has 0 rings (SSSR count). The van der Waals surface area contributed by atoms with Crippen LogP contribution in [0.15, 0.2) is 0 Å². The highest BCUT2D eigenvalue weighted by atomic mass is 32.2. The van der Waals surface area contributed by atoms with Crippen molar-refractivity contribution in [3.8, 4) is 0 Å². The van der Waals surface area contributed by atoms with Crippen molar-refractivity contribution in [1.82, 2.24) is 0 Å². The Bertz CT molecular complexity index is 805. The van der Waals surface area contributed by atoms with Gasteiger partial charge in [-0.15, -0.1) is 0 Å². The average Bonchev–Trinajstić information content (AvgIpc) is 3.02. The standard InChI is InChI=1S/C36H69O9PS/c1-3-4-5-6-7-8-9-10-14-17-20-23-26-29-36(39)45-34(32-44-46(40,41)42)31-43-35(38)28-25-22-19-16-13-11-12-15-18-21-24-27-30-47-33(2)37/h34H,3-32H2,1-2H3,(H2,40,41,42)/t34-/m1/s1. The quantitative estimate of drug-likeness (QED) is 0.0372. The Labute approximate surface area is 291 Å². The van der Waals surface area contributed by atoms with Gasteiger partial charge < -0.3 is 19.3 Å². The first-order valence-corrected chi connectivity index (χ1v) is 21.3. The van der Waals surface area contributed by atoms with E-state index in [4.69, 9.17) is 19.3 Å². The third-order valence-corrected chi connectivity index (χ3v) is 9.61. The lowest BCUT2D eigenvalue weighted by molar-refractivity contribution is -0.161. The van der Waals surface area contributed by atoms with Crippen molar-refractivity contribution < 1.29 is 42.7 Å². The molecule has 0 aliphatic rings. The first-order chi connectivity index (χ1) is 22.6. The Balaban J connectivity index is 3.90. The Morgan fingerprint density at radius 3 is 1.36 bits per heavy atom. The highest BCUT2D eigenvalue weighted by molar-refractivity contribution is 8.13. The minimum atomic E-state index is -4.75. The van der Waals surface area contributed by atoms with Gasteiger partial charge in [-0.25, -0.2) is 4.57 Å². The molecular formula is C36H69O9PS. The van der Waals surface area contributed by atoms with Crippen LogP contribution in [0.5, 0.6) is 0 Å². The second-order valence-electron chi connectivity index (χ2n) is 12.9. The summed E-state index contributed by atoms with van der Waals surface area (Å²) in [6.07, 6.45) is 28.7. The zero-order valence-corrected chi connectivity index (χ0v) is 31.6. The fraction of sp³-hybridized carbons (Fsp3) is 0.917. The number of phosphoric ester groups is 1. The van der Waals surface area contributed by atoms with E-state index in [2.05, 4.69) is 11.4 Å². The molecule has 2 N–H and O–H groups in total. The van der Waals surface area contributed by atoms with Gasteiger partial charge in [-0.05, 0) is 19.3 Å². The molecule has 47 heavy (non-hydrogen) atoms. The monoisotopic (exact) mass is 708 g/mol. The molecule has 0 aliphatic carbocycles. The summed E-state index contributed by atoms with van der Waals surface area (Å²) in [5.41, 5.74) is 0. The molecular weight excluding hydrogens is 639 g/mol. The first-order valence-electron chi connectivity index (χ1n) is 18.8. The van der Waals surface area contributed by atoms with Crippen LogP contribution in [0.25, 0.3) is 0 Å². The summed E-state index contributed by atoms with van der Waals surface area (Å²) >= 11 is 1.42. The van der Waals surface area contributed by atoms with Crippen LogP contribution in [0, 0.1) is 0 Å².